The average Bonchev–Trinajstić information content (AvgIpc) is 3.31. The van der Waals surface area contributed by atoms with Crippen LogP contribution in [0.1, 0.15) is 39.0 Å². The summed E-state index contributed by atoms with van der Waals surface area (Å²) in [5.41, 5.74) is 7.70. The van der Waals surface area contributed by atoms with Crippen molar-refractivity contribution in [3.63, 3.8) is 0 Å². The highest BCUT2D eigenvalue weighted by Gasteiger charge is 2.28. The Balaban J connectivity index is 1.43. The Labute approximate surface area is 167 Å². The molecule has 4 rings (SSSR count). The molecule has 0 bridgehead atoms. The lowest BCUT2D eigenvalue weighted by Crippen LogP contribution is -2.42. The van der Waals surface area contributed by atoms with Gasteiger partial charge in [0.25, 0.3) is 11.8 Å². The van der Waals surface area contributed by atoms with Gasteiger partial charge in [-0.15, -0.1) is 0 Å². The topological polar surface area (TPSA) is 74.6 Å². The molecular weight excluding hydrogens is 373 g/mol. The monoisotopic (exact) mass is 393 g/mol. The fourth-order valence-corrected chi connectivity index (χ4v) is 3.54. The highest BCUT2D eigenvalue weighted by atomic mass is 19.1. The molecule has 2 heterocycles. The number of furan rings is 1. The van der Waals surface area contributed by atoms with Crippen molar-refractivity contribution >= 4 is 17.5 Å². The summed E-state index contributed by atoms with van der Waals surface area (Å²) in [4.78, 5) is 26.8. The summed E-state index contributed by atoms with van der Waals surface area (Å²) in [7, 11) is 0. The largest absolute Gasteiger partial charge is 0.467 e. The number of para-hydroxylation sites is 1. The van der Waals surface area contributed by atoms with Gasteiger partial charge >= 0.3 is 0 Å². The first-order valence-corrected chi connectivity index (χ1v) is 9.30. The molecule has 0 aliphatic carbocycles. The molecule has 1 atom stereocenters. The second-order valence-corrected chi connectivity index (χ2v) is 6.98. The lowest BCUT2D eigenvalue weighted by molar-refractivity contribution is 0.0845. The van der Waals surface area contributed by atoms with Crippen LogP contribution in [0.3, 0.4) is 0 Å². The molecule has 0 spiro atoms. The van der Waals surface area contributed by atoms with Gasteiger partial charge in [0.05, 0.1) is 18.4 Å². The first kappa shape index (κ1) is 18.7. The first-order valence-electron chi connectivity index (χ1n) is 9.30. The SMILES string of the molecule is CC1Cc2ccccc2N1Cc1occc1C(=O)NNC(=O)c1ccc(F)cc1. The molecule has 0 saturated heterocycles. The van der Waals surface area contributed by atoms with Crippen LogP contribution in [0.25, 0.3) is 0 Å². The molecule has 148 valence electrons. The Morgan fingerprint density at radius 2 is 1.79 bits per heavy atom. The Morgan fingerprint density at radius 3 is 2.59 bits per heavy atom. The van der Waals surface area contributed by atoms with E-state index in [0.29, 0.717) is 17.9 Å². The second kappa shape index (κ2) is 7.79. The highest BCUT2D eigenvalue weighted by molar-refractivity contribution is 5.99. The summed E-state index contributed by atoms with van der Waals surface area (Å²) in [6, 6.07) is 15.1. The lowest BCUT2D eigenvalue weighted by atomic mass is 10.1. The molecule has 2 amide bonds. The molecule has 1 aliphatic rings. The minimum atomic E-state index is -0.537. The predicted molar refractivity (Wildman–Crippen MR) is 106 cm³/mol. The standard InChI is InChI=1S/C22H20FN3O3/c1-14-12-16-4-2-3-5-19(16)26(14)13-20-18(10-11-29-20)22(28)25-24-21(27)15-6-8-17(23)9-7-15/h2-11,14H,12-13H2,1H3,(H,24,27)(H,25,28). The van der Waals surface area contributed by atoms with E-state index >= 15 is 0 Å². The number of anilines is 1. The zero-order valence-electron chi connectivity index (χ0n) is 15.8. The van der Waals surface area contributed by atoms with Gasteiger partial charge < -0.3 is 9.32 Å². The number of amides is 2. The molecule has 1 aromatic heterocycles. The van der Waals surface area contributed by atoms with E-state index in [4.69, 9.17) is 4.42 Å². The Morgan fingerprint density at radius 1 is 1.07 bits per heavy atom. The minimum absolute atomic E-state index is 0.238. The number of carbonyl (C=O) groups excluding carboxylic acids is 2. The van der Waals surface area contributed by atoms with Crippen LogP contribution in [0.15, 0.2) is 65.3 Å². The van der Waals surface area contributed by atoms with Crippen LogP contribution in [-0.2, 0) is 13.0 Å². The molecular formula is C22H20FN3O3. The van der Waals surface area contributed by atoms with E-state index in [-0.39, 0.29) is 11.6 Å². The second-order valence-electron chi connectivity index (χ2n) is 6.98. The van der Waals surface area contributed by atoms with Crippen LogP contribution >= 0.6 is 0 Å². The Hall–Kier alpha value is -3.61. The predicted octanol–water partition coefficient (Wildman–Crippen LogP) is 3.44. The third-order valence-electron chi connectivity index (χ3n) is 5.05. The van der Waals surface area contributed by atoms with Crippen molar-refractivity contribution in [3.8, 4) is 0 Å². The van der Waals surface area contributed by atoms with Crippen molar-refractivity contribution < 1.29 is 18.4 Å². The number of halogens is 1. The fourth-order valence-electron chi connectivity index (χ4n) is 3.54. The molecule has 0 radical (unpaired) electrons. The number of fused-ring (bicyclic) bond motifs is 1. The number of hydrazine groups is 1. The maximum Gasteiger partial charge on any atom is 0.273 e. The molecule has 2 N–H and O–H groups in total. The van der Waals surface area contributed by atoms with Crippen molar-refractivity contribution in [2.45, 2.75) is 25.9 Å². The third kappa shape index (κ3) is 3.85. The van der Waals surface area contributed by atoms with Crippen molar-refractivity contribution in [3.05, 3.63) is 89.1 Å². The van der Waals surface area contributed by atoms with E-state index in [1.54, 1.807) is 6.07 Å². The summed E-state index contributed by atoms with van der Waals surface area (Å²) in [6.45, 7) is 2.57. The van der Waals surface area contributed by atoms with Gasteiger partial charge in [0.1, 0.15) is 11.6 Å². The third-order valence-corrected chi connectivity index (χ3v) is 5.05. The van der Waals surface area contributed by atoms with Gasteiger partial charge in [-0.2, -0.15) is 0 Å². The molecule has 7 heteroatoms. The van der Waals surface area contributed by atoms with E-state index in [9.17, 15) is 14.0 Å². The van der Waals surface area contributed by atoms with Gasteiger partial charge in [0.15, 0.2) is 0 Å². The first-order chi connectivity index (χ1) is 14.0. The zero-order valence-corrected chi connectivity index (χ0v) is 15.8. The van der Waals surface area contributed by atoms with Crippen molar-refractivity contribution in [2.24, 2.45) is 0 Å². The average molecular weight is 393 g/mol. The van der Waals surface area contributed by atoms with Crippen molar-refractivity contribution in [1.29, 1.82) is 0 Å². The van der Waals surface area contributed by atoms with Crippen LogP contribution in [-0.4, -0.2) is 17.9 Å². The van der Waals surface area contributed by atoms with Gasteiger partial charge in [-0.1, -0.05) is 18.2 Å². The van der Waals surface area contributed by atoms with Gasteiger partial charge in [-0.05, 0) is 55.3 Å². The summed E-state index contributed by atoms with van der Waals surface area (Å²) < 4.78 is 18.5. The molecule has 29 heavy (non-hydrogen) atoms. The molecule has 1 aliphatic heterocycles. The van der Waals surface area contributed by atoms with Gasteiger partial charge in [-0.3, -0.25) is 20.4 Å². The smallest absolute Gasteiger partial charge is 0.273 e. The van der Waals surface area contributed by atoms with E-state index < -0.39 is 17.6 Å². The number of nitrogens with zero attached hydrogens (tertiary/aromatic N) is 1. The summed E-state index contributed by atoms with van der Waals surface area (Å²) >= 11 is 0. The number of rotatable bonds is 4. The van der Waals surface area contributed by atoms with Gasteiger partial charge in [0.2, 0.25) is 0 Å². The normalized spacial score (nSPS) is 15.1. The molecule has 2 aromatic carbocycles. The summed E-state index contributed by atoms with van der Waals surface area (Å²) in [5.74, 6) is -0.941. The van der Waals surface area contributed by atoms with Crippen molar-refractivity contribution in [2.75, 3.05) is 4.90 Å². The number of benzene rings is 2. The Kier molecular flexibility index (Phi) is 5.03. The zero-order chi connectivity index (χ0) is 20.4. The van der Waals surface area contributed by atoms with E-state index in [1.165, 1.54) is 36.1 Å². The van der Waals surface area contributed by atoms with Crippen LogP contribution < -0.4 is 15.8 Å². The summed E-state index contributed by atoms with van der Waals surface area (Å²) in [6.07, 6.45) is 2.39. The summed E-state index contributed by atoms with van der Waals surface area (Å²) in [5, 5.41) is 0. The van der Waals surface area contributed by atoms with Gasteiger partial charge in [-0.25, -0.2) is 4.39 Å². The van der Waals surface area contributed by atoms with Crippen LogP contribution in [0, 0.1) is 5.82 Å². The van der Waals surface area contributed by atoms with Crippen molar-refractivity contribution in [1.82, 2.24) is 10.9 Å². The lowest BCUT2D eigenvalue weighted by Gasteiger charge is -2.24. The fraction of sp³-hybridized carbons (Fsp3) is 0.182. The Bertz CT molecular complexity index is 1050. The maximum atomic E-state index is 13.0. The van der Waals surface area contributed by atoms with E-state index in [0.717, 1.165) is 12.1 Å². The molecule has 6 nitrogen and oxygen atoms in total. The molecule has 0 saturated carbocycles. The highest BCUT2D eigenvalue weighted by Crippen LogP contribution is 2.33. The molecule has 1 unspecified atom stereocenters. The number of hydrogen-bond donors (Lipinski definition) is 2. The number of hydrogen-bond acceptors (Lipinski definition) is 4. The number of carbonyl (C=O) groups is 2. The quantitative estimate of drug-likeness (QED) is 0.666. The maximum absolute atomic E-state index is 13.0. The van der Waals surface area contributed by atoms with Crippen LogP contribution in [0.4, 0.5) is 10.1 Å². The molecule has 3 aromatic rings. The number of nitrogens with one attached hydrogen (secondary N) is 2. The van der Waals surface area contributed by atoms with E-state index in [2.05, 4.69) is 34.8 Å². The van der Waals surface area contributed by atoms with E-state index in [1.807, 2.05) is 12.1 Å². The minimum Gasteiger partial charge on any atom is -0.467 e. The molecule has 0 fully saturated rings. The van der Waals surface area contributed by atoms with Gasteiger partial charge in [0, 0.05) is 17.3 Å². The van der Waals surface area contributed by atoms with Crippen LogP contribution in [0.2, 0.25) is 0 Å². The van der Waals surface area contributed by atoms with Crippen LogP contribution in [0.5, 0.6) is 0 Å².